The minimum Gasteiger partial charge on any atom is -0.491 e. The summed E-state index contributed by atoms with van der Waals surface area (Å²) in [5.41, 5.74) is 1.02. The van der Waals surface area contributed by atoms with Crippen molar-refractivity contribution in [3.05, 3.63) is 11.6 Å². The largest absolute Gasteiger partial charge is 0.491 e. The van der Waals surface area contributed by atoms with Gasteiger partial charge in [0.2, 0.25) is 0 Å². The Hall–Kier alpha value is -1.49. The summed E-state index contributed by atoms with van der Waals surface area (Å²) in [6.07, 6.45) is 1.19. The van der Waals surface area contributed by atoms with E-state index in [0.717, 1.165) is 36.6 Å². The third kappa shape index (κ3) is 2.61. The molecule has 1 saturated heterocycles. The van der Waals surface area contributed by atoms with Gasteiger partial charge in [-0.3, -0.25) is 0 Å². The molecule has 0 bridgehead atoms. The van der Waals surface area contributed by atoms with Gasteiger partial charge >= 0.3 is 0 Å². The fourth-order valence-corrected chi connectivity index (χ4v) is 1.97. The third-order valence-electron chi connectivity index (χ3n) is 2.88. The van der Waals surface area contributed by atoms with E-state index in [0.29, 0.717) is 5.88 Å². The Morgan fingerprint density at radius 1 is 1.53 bits per heavy atom. The van der Waals surface area contributed by atoms with Crippen molar-refractivity contribution in [2.45, 2.75) is 19.4 Å². The highest BCUT2D eigenvalue weighted by atomic mass is 16.5. The molecule has 0 aromatic carbocycles. The Balaban J connectivity index is 2.25. The van der Waals surface area contributed by atoms with Gasteiger partial charge in [-0.15, -0.1) is 0 Å². The summed E-state index contributed by atoms with van der Waals surface area (Å²) in [5, 5.41) is 6.29. The Morgan fingerprint density at radius 2 is 2.35 bits per heavy atom. The fourth-order valence-electron chi connectivity index (χ4n) is 1.97. The van der Waals surface area contributed by atoms with Crippen molar-refractivity contribution in [1.29, 1.82) is 0 Å². The Bertz CT molecular complexity index is 390. The molecule has 1 aliphatic rings. The fraction of sp³-hybridized carbons (Fsp3) is 0.583. The number of pyridine rings is 1. The molecule has 0 amide bonds. The molecule has 1 aromatic rings. The molecule has 1 fully saturated rings. The highest BCUT2D eigenvalue weighted by molar-refractivity contribution is 5.50. The number of methoxy groups -OCH3 is 1. The summed E-state index contributed by atoms with van der Waals surface area (Å²) in [5.74, 6) is 2.09. The second-order valence-electron chi connectivity index (χ2n) is 4.15. The zero-order valence-electron chi connectivity index (χ0n) is 10.5. The molecular weight excluding hydrogens is 218 g/mol. The lowest BCUT2D eigenvalue weighted by Gasteiger charge is -2.16. The molecule has 17 heavy (non-hydrogen) atoms. The monoisotopic (exact) mass is 237 g/mol. The molecule has 0 radical (unpaired) electrons. The molecule has 0 aliphatic carbocycles. The van der Waals surface area contributed by atoms with Crippen LogP contribution in [0.2, 0.25) is 0 Å². The number of aryl methyl sites for hydroxylation is 1. The van der Waals surface area contributed by atoms with E-state index >= 15 is 0 Å². The van der Waals surface area contributed by atoms with Crippen LogP contribution in [0.5, 0.6) is 11.6 Å². The molecule has 0 spiro atoms. The maximum atomic E-state index is 5.88. The van der Waals surface area contributed by atoms with Gasteiger partial charge in [-0.1, -0.05) is 0 Å². The zero-order valence-corrected chi connectivity index (χ0v) is 10.5. The van der Waals surface area contributed by atoms with Crippen LogP contribution in [0.1, 0.15) is 12.0 Å². The number of nitrogens with zero attached hydrogens (tertiary/aromatic N) is 1. The van der Waals surface area contributed by atoms with Crippen molar-refractivity contribution in [1.82, 2.24) is 10.3 Å². The highest BCUT2D eigenvalue weighted by Gasteiger charge is 2.20. The van der Waals surface area contributed by atoms with Gasteiger partial charge in [-0.2, -0.15) is 4.98 Å². The van der Waals surface area contributed by atoms with Crippen molar-refractivity contribution in [2.75, 3.05) is 32.6 Å². The minimum absolute atomic E-state index is 0.183. The van der Waals surface area contributed by atoms with Crippen LogP contribution < -0.4 is 20.1 Å². The number of nitrogens with one attached hydrogen (secondary N) is 2. The smallest absolute Gasteiger partial charge is 0.259 e. The number of rotatable bonds is 4. The van der Waals surface area contributed by atoms with E-state index in [1.807, 2.05) is 20.0 Å². The number of anilines is 1. The maximum Gasteiger partial charge on any atom is 0.259 e. The van der Waals surface area contributed by atoms with E-state index in [1.54, 1.807) is 7.11 Å². The van der Waals surface area contributed by atoms with Gasteiger partial charge < -0.3 is 20.1 Å². The van der Waals surface area contributed by atoms with E-state index in [2.05, 4.69) is 15.6 Å². The lowest BCUT2D eigenvalue weighted by molar-refractivity contribution is 0.203. The Labute approximate surface area is 102 Å². The number of ether oxygens (including phenoxy) is 2. The van der Waals surface area contributed by atoms with Crippen molar-refractivity contribution in [3.63, 3.8) is 0 Å². The average Bonchev–Trinajstić information content (AvgIpc) is 2.81. The van der Waals surface area contributed by atoms with Gasteiger partial charge in [0.1, 0.15) is 11.9 Å². The first-order chi connectivity index (χ1) is 8.24. The molecule has 2 N–H and O–H groups in total. The van der Waals surface area contributed by atoms with Gasteiger partial charge in [0.05, 0.1) is 7.11 Å². The second-order valence-corrected chi connectivity index (χ2v) is 4.15. The summed E-state index contributed by atoms with van der Waals surface area (Å²) in [6, 6.07) is 1.94. The lowest BCUT2D eigenvalue weighted by atomic mass is 10.2. The van der Waals surface area contributed by atoms with Gasteiger partial charge in [-0.25, -0.2) is 0 Å². The molecule has 1 aliphatic heterocycles. The molecule has 5 heteroatoms. The standard InChI is InChI=1S/C12H19N3O2/c1-8-6-10(13-2)15-12(11(8)16-3)17-9-4-5-14-7-9/h6,9,14H,4-5,7H2,1-3H3,(H,13,15). The van der Waals surface area contributed by atoms with Crippen LogP contribution in [0.4, 0.5) is 5.82 Å². The van der Waals surface area contributed by atoms with Crippen LogP contribution in [0.3, 0.4) is 0 Å². The van der Waals surface area contributed by atoms with Crippen LogP contribution in [0, 0.1) is 6.92 Å². The summed E-state index contributed by atoms with van der Waals surface area (Å²) < 4.78 is 11.2. The minimum atomic E-state index is 0.183. The normalized spacial score (nSPS) is 19.1. The van der Waals surface area contributed by atoms with Crippen molar-refractivity contribution in [3.8, 4) is 11.6 Å². The van der Waals surface area contributed by atoms with E-state index in [1.165, 1.54) is 0 Å². The molecule has 1 unspecified atom stereocenters. The summed E-state index contributed by atoms with van der Waals surface area (Å²) in [4.78, 5) is 4.40. The lowest BCUT2D eigenvalue weighted by Crippen LogP contribution is -2.20. The van der Waals surface area contributed by atoms with E-state index < -0.39 is 0 Å². The number of hydrogen-bond donors (Lipinski definition) is 2. The maximum absolute atomic E-state index is 5.88. The zero-order chi connectivity index (χ0) is 12.3. The molecule has 0 saturated carbocycles. The van der Waals surface area contributed by atoms with Gasteiger partial charge in [0.15, 0.2) is 5.75 Å². The van der Waals surface area contributed by atoms with Crippen LogP contribution >= 0.6 is 0 Å². The molecule has 2 rings (SSSR count). The second kappa shape index (κ2) is 5.23. The van der Waals surface area contributed by atoms with Crippen molar-refractivity contribution >= 4 is 5.82 Å². The first-order valence-electron chi connectivity index (χ1n) is 5.85. The number of hydrogen-bond acceptors (Lipinski definition) is 5. The van der Waals surface area contributed by atoms with E-state index in [9.17, 15) is 0 Å². The molecule has 2 heterocycles. The first-order valence-corrected chi connectivity index (χ1v) is 5.85. The summed E-state index contributed by atoms with van der Waals surface area (Å²) >= 11 is 0. The summed E-state index contributed by atoms with van der Waals surface area (Å²) in [6.45, 7) is 3.85. The first kappa shape index (κ1) is 12.0. The van der Waals surface area contributed by atoms with Gasteiger partial charge in [0.25, 0.3) is 5.88 Å². The third-order valence-corrected chi connectivity index (χ3v) is 2.88. The van der Waals surface area contributed by atoms with Crippen LogP contribution in [-0.4, -0.2) is 38.3 Å². The molecule has 94 valence electrons. The molecule has 1 atom stereocenters. The van der Waals surface area contributed by atoms with Crippen LogP contribution in [0.25, 0.3) is 0 Å². The number of aromatic nitrogens is 1. The highest BCUT2D eigenvalue weighted by Crippen LogP contribution is 2.32. The predicted octanol–water partition coefficient (Wildman–Crippen LogP) is 1.18. The van der Waals surface area contributed by atoms with Crippen LogP contribution in [-0.2, 0) is 0 Å². The predicted molar refractivity (Wildman–Crippen MR) is 67.0 cm³/mol. The van der Waals surface area contributed by atoms with Crippen molar-refractivity contribution < 1.29 is 9.47 Å². The van der Waals surface area contributed by atoms with Crippen LogP contribution in [0.15, 0.2) is 6.07 Å². The quantitative estimate of drug-likeness (QED) is 0.823. The average molecular weight is 237 g/mol. The Kier molecular flexibility index (Phi) is 3.68. The van der Waals surface area contributed by atoms with Gasteiger partial charge in [0, 0.05) is 19.2 Å². The van der Waals surface area contributed by atoms with Crippen molar-refractivity contribution in [2.24, 2.45) is 0 Å². The Morgan fingerprint density at radius 3 is 2.94 bits per heavy atom. The summed E-state index contributed by atoms with van der Waals surface area (Å²) in [7, 11) is 3.48. The van der Waals surface area contributed by atoms with E-state index in [4.69, 9.17) is 9.47 Å². The SMILES string of the molecule is CNc1cc(C)c(OC)c(OC2CCNC2)n1. The topological polar surface area (TPSA) is 55.4 Å². The van der Waals surface area contributed by atoms with Gasteiger partial charge in [-0.05, 0) is 26.0 Å². The molecule has 1 aromatic heterocycles. The molecular formula is C12H19N3O2. The molecule has 5 nitrogen and oxygen atoms in total. The van der Waals surface area contributed by atoms with E-state index in [-0.39, 0.29) is 6.10 Å².